The van der Waals surface area contributed by atoms with Crippen molar-refractivity contribution in [3.05, 3.63) is 133 Å². The minimum absolute atomic E-state index is 0.0503. The fraction of sp³-hybridized carbons (Fsp3) is 0.326. The van der Waals surface area contributed by atoms with Gasteiger partial charge in [-0.25, -0.2) is 15.0 Å². The van der Waals surface area contributed by atoms with Gasteiger partial charge in [0.15, 0.2) is 11.5 Å². The number of nitrogens with two attached hydrogens (primary N) is 1. The molecule has 3 N–H and O–H groups in total. The third-order valence-electron chi connectivity index (χ3n) is 11.2. The molecule has 3 atom stereocenters. The summed E-state index contributed by atoms with van der Waals surface area (Å²) in [5, 5.41) is 4.83. The highest BCUT2D eigenvalue weighted by Crippen LogP contribution is 2.49. The lowest BCUT2D eigenvalue weighted by Gasteiger charge is -2.50. The van der Waals surface area contributed by atoms with Gasteiger partial charge in [-0.05, 0) is 49.1 Å². The number of nitrogens with one attached hydrogen (secondary N) is 1. The number of fused-ring (bicyclic) bond motifs is 1. The van der Waals surface area contributed by atoms with Crippen LogP contribution in [0.15, 0.2) is 128 Å². The molecule has 7 nitrogen and oxygen atoms in total. The molecule has 0 aliphatic heterocycles. The van der Waals surface area contributed by atoms with E-state index in [1.54, 1.807) is 6.33 Å². The molecule has 0 bridgehead atoms. The summed E-state index contributed by atoms with van der Waals surface area (Å²) in [5.41, 5.74) is 7.75. The second-order valence-corrected chi connectivity index (χ2v) is 24.9. The van der Waals surface area contributed by atoms with Gasteiger partial charge in [0.2, 0.25) is 0 Å². The molecule has 0 amide bonds. The van der Waals surface area contributed by atoms with Gasteiger partial charge in [-0.3, -0.25) is 0 Å². The number of hydrogen-bond donors (Lipinski definition) is 2. The molecule has 7 rings (SSSR count). The van der Waals surface area contributed by atoms with Crippen molar-refractivity contribution >= 4 is 54.4 Å². The topological polar surface area (TPSA) is 98.9 Å². The van der Waals surface area contributed by atoms with Crippen LogP contribution in [0.4, 0.5) is 5.82 Å². The van der Waals surface area contributed by atoms with Gasteiger partial charge in [0, 0.05) is 19.1 Å². The van der Waals surface area contributed by atoms with Gasteiger partial charge in [-0.1, -0.05) is 163 Å². The quantitative estimate of drug-likeness (QED) is 0.143. The monoisotopic (exact) mass is 725 g/mol. The Morgan fingerprint density at radius 2 is 1.06 bits per heavy atom. The Bertz CT molecular complexity index is 2000. The Hall–Kier alpha value is -4.42. The molecule has 4 aromatic carbocycles. The second kappa shape index (κ2) is 14.2. The number of H-pyrrole nitrogens is 1. The maximum Gasteiger partial charge on any atom is 0.261 e. The highest BCUT2D eigenvalue weighted by Gasteiger charge is 2.55. The first-order valence-corrected chi connectivity index (χ1v) is 22.2. The molecule has 268 valence electrons. The van der Waals surface area contributed by atoms with E-state index in [1.807, 2.05) is 0 Å². The Balaban J connectivity index is 1.29. The van der Waals surface area contributed by atoms with E-state index in [-0.39, 0.29) is 27.8 Å². The first-order chi connectivity index (χ1) is 25.0. The van der Waals surface area contributed by atoms with Crippen LogP contribution in [0.5, 0.6) is 0 Å². The molecule has 0 unspecified atom stereocenters. The smallest absolute Gasteiger partial charge is 0.261 e. The van der Waals surface area contributed by atoms with Crippen LogP contribution in [-0.4, -0.2) is 49.8 Å². The van der Waals surface area contributed by atoms with Crippen LogP contribution < -0.4 is 26.5 Å². The molecule has 1 aliphatic rings. The minimum atomic E-state index is -2.81. The van der Waals surface area contributed by atoms with Gasteiger partial charge in [0.05, 0.1) is 6.33 Å². The minimum Gasteiger partial charge on any atom is -0.407 e. The molecular weight excluding hydrogens is 675 g/mol. The van der Waals surface area contributed by atoms with E-state index in [0.717, 1.165) is 12.2 Å². The molecule has 2 aromatic heterocycles. The summed E-state index contributed by atoms with van der Waals surface area (Å²) in [6, 6.07) is 43.5. The molecule has 6 aromatic rings. The summed E-state index contributed by atoms with van der Waals surface area (Å²) in [6.07, 6.45) is 2.51. The average Bonchev–Trinajstić information content (AvgIpc) is 3.61. The molecule has 1 aliphatic carbocycles. The van der Waals surface area contributed by atoms with Crippen LogP contribution in [0.25, 0.3) is 11.2 Å². The van der Waals surface area contributed by atoms with Crippen LogP contribution in [-0.2, 0) is 8.85 Å². The first-order valence-electron chi connectivity index (χ1n) is 18.4. The van der Waals surface area contributed by atoms with Crippen molar-refractivity contribution in [1.29, 1.82) is 0 Å². The summed E-state index contributed by atoms with van der Waals surface area (Å²) in [4.78, 5) is 17.3. The Kier molecular flexibility index (Phi) is 9.82. The van der Waals surface area contributed by atoms with Crippen LogP contribution in [0, 0.1) is 11.8 Å². The van der Waals surface area contributed by atoms with E-state index in [1.165, 1.54) is 20.7 Å². The van der Waals surface area contributed by atoms with Gasteiger partial charge in [-0.15, -0.1) is 0 Å². The highest BCUT2D eigenvalue weighted by molar-refractivity contribution is 7.00. The van der Waals surface area contributed by atoms with Crippen LogP contribution >= 0.6 is 0 Å². The van der Waals surface area contributed by atoms with Crippen molar-refractivity contribution in [3.8, 4) is 0 Å². The number of benzene rings is 4. The van der Waals surface area contributed by atoms with E-state index in [2.05, 4.69) is 173 Å². The van der Waals surface area contributed by atoms with Crippen molar-refractivity contribution in [2.45, 2.75) is 64.0 Å². The number of nitrogens with zero attached hydrogens (tertiary/aromatic N) is 3. The lowest BCUT2D eigenvalue weighted by molar-refractivity contribution is 0.0284. The predicted octanol–water partition coefficient (Wildman–Crippen LogP) is 6.81. The van der Waals surface area contributed by atoms with E-state index in [4.69, 9.17) is 24.6 Å². The fourth-order valence-electron chi connectivity index (χ4n) is 8.56. The molecule has 0 radical (unpaired) electrons. The maximum atomic E-state index is 7.61. The average molecular weight is 726 g/mol. The SMILES string of the molecule is CC(C)(C)[Si](OC[C@H]1C[C@@H](c2nc(N)c3[nH]cnc3n2)[C@H]1CO[Si](c1ccccc1)(c1ccccc1)C(C)(C)C)(c1ccccc1)c1ccccc1. The summed E-state index contributed by atoms with van der Waals surface area (Å²) in [7, 11) is -5.56. The number of aromatic amines is 1. The summed E-state index contributed by atoms with van der Waals surface area (Å²) in [6.45, 7) is 15.2. The fourth-order valence-corrected chi connectivity index (χ4v) is 17.8. The third-order valence-corrected chi connectivity index (χ3v) is 21.2. The molecule has 9 heteroatoms. The molecular formula is C43H51N5O2Si2. The third kappa shape index (κ3) is 6.34. The van der Waals surface area contributed by atoms with Gasteiger partial charge in [0.1, 0.15) is 11.3 Å². The lowest BCUT2D eigenvalue weighted by Crippen LogP contribution is -2.68. The number of nitrogen functional groups attached to an aromatic ring is 1. The number of imidazole rings is 1. The van der Waals surface area contributed by atoms with Crippen LogP contribution in [0.3, 0.4) is 0 Å². The van der Waals surface area contributed by atoms with E-state index in [0.29, 0.717) is 30.2 Å². The first kappa shape index (κ1) is 36.0. The predicted molar refractivity (Wildman–Crippen MR) is 218 cm³/mol. The van der Waals surface area contributed by atoms with Crippen molar-refractivity contribution in [2.24, 2.45) is 11.8 Å². The second-order valence-electron chi connectivity index (χ2n) is 16.3. The number of anilines is 1. The van der Waals surface area contributed by atoms with Crippen LogP contribution in [0.1, 0.15) is 59.7 Å². The molecule has 1 saturated carbocycles. The summed E-state index contributed by atoms with van der Waals surface area (Å²) < 4.78 is 15.2. The number of rotatable bonds is 11. The van der Waals surface area contributed by atoms with E-state index in [9.17, 15) is 0 Å². The summed E-state index contributed by atoms with van der Waals surface area (Å²) in [5.74, 6) is 1.54. The van der Waals surface area contributed by atoms with Crippen LogP contribution in [0.2, 0.25) is 10.1 Å². The molecule has 52 heavy (non-hydrogen) atoms. The largest absolute Gasteiger partial charge is 0.407 e. The zero-order valence-electron chi connectivity index (χ0n) is 31.2. The number of hydrogen-bond acceptors (Lipinski definition) is 6. The zero-order chi connectivity index (χ0) is 36.6. The van der Waals surface area contributed by atoms with Gasteiger partial charge in [0.25, 0.3) is 16.6 Å². The van der Waals surface area contributed by atoms with E-state index >= 15 is 0 Å². The van der Waals surface area contributed by atoms with E-state index < -0.39 is 16.6 Å². The molecule has 0 saturated heterocycles. The van der Waals surface area contributed by atoms with Crippen molar-refractivity contribution in [3.63, 3.8) is 0 Å². The molecule has 0 spiro atoms. The number of aromatic nitrogens is 4. The Labute approximate surface area is 310 Å². The molecule has 2 heterocycles. The zero-order valence-corrected chi connectivity index (χ0v) is 33.2. The highest BCUT2D eigenvalue weighted by atomic mass is 28.4. The van der Waals surface area contributed by atoms with Crippen molar-refractivity contribution in [2.75, 3.05) is 18.9 Å². The standard InChI is InChI=1S/C43H51N5O2Si2/c1-42(2,3)51(32-19-11-7-12-20-32,33-21-13-8-14-22-33)49-28-31-27-36(40-47-39(44)38-41(48-40)46-30-45-38)37(31)29-50-52(43(4,5)6,34-23-15-9-16-24-34)35-25-17-10-18-26-35/h7-26,30-31,36-37H,27-29H2,1-6H3,(H3,44,45,46,47,48)/t31-,36-,37+/m1/s1. The normalized spacial score (nSPS) is 18.3. The Morgan fingerprint density at radius 3 is 1.48 bits per heavy atom. The maximum absolute atomic E-state index is 7.61. The van der Waals surface area contributed by atoms with Crippen molar-refractivity contribution < 1.29 is 8.85 Å². The Morgan fingerprint density at radius 1 is 0.635 bits per heavy atom. The summed E-state index contributed by atoms with van der Waals surface area (Å²) >= 11 is 0. The van der Waals surface area contributed by atoms with Gasteiger partial charge < -0.3 is 19.6 Å². The van der Waals surface area contributed by atoms with Gasteiger partial charge >= 0.3 is 0 Å². The van der Waals surface area contributed by atoms with Gasteiger partial charge in [-0.2, -0.15) is 0 Å². The molecule has 1 fully saturated rings. The van der Waals surface area contributed by atoms with Crippen molar-refractivity contribution in [1.82, 2.24) is 19.9 Å². The lowest BCUT2D eigenvalue weighted by atomic mass is 9.65.